The molecule has 16 rings (SSSR count). The van der Waals surface area contributed by atoms with E-state index in [1.807, 2.05) is 29.1 Å². The van der Waals surface area contributed by atoms with Gasteiger partial charge in [-0.25, -0.2) is 32.9 Å². The molecule has 2 saturated heterocycles. The number of nitrogens with zero attached hydrogens (tertiary/aromatic N) is 14. The zero-order valence-electron chi connectivity index (χ0n) is 62.9. The number of carbonyl (C=O) groups is 3. The molecule has 0 amide bonds. The lowest BCUT2D eigenvalue weighted by Gasteiger charge is -2.27. The number of pyridine rings is 3. The molecule has 24 heteroatoms. The number of H-pyrrole nitrogens is 1. The Kier molecular flexibility index (Phi) is 25.6. The second-order valence-electron chi connectivity index (χ2n) is 28.6. The van der Waals surface area contributed by atoms with Gasteiger partial charge in [0, 0.05) is 175 Å². The second-order valence-corrected chi connectivity index (χ2v) is 28.6. The van der Waals surface area contributed by atoms with Gasteiger partial charge in [-0.15, -0.1) is 0 Å². The van der Waals surface area contributed by atoms with Crippen molar-refractivity contribution in [1.29, 1.82) is 0 Å². The highest BCUT2D eigenvalue weighted by Crippen LogP contribution is 2.31. The number of para-hydroxylation sites is 3. The van der Waals surface area contributed by atoms with E-state index in [4.69, 9.17) is 15.0 Å². The number of aromatic carboxylic acids is 1. The van der Waals surface area contributed by atoms with E-state index in [9.17, 15) is 42.9 Å². The molecule has 0 radical (unpaired) electrons. The summed E-state index contributed by atoms with van der Waals surface area (Å²) in [5.74, 6) is -0.500. The Bertz CT molecular complexity index is 5350. The van der Waals surface area contributed by atoms with E-state index in [1.54, 1.807) is 79.1 Å². The van der Waals surface area contributed by atoms with Crippen LogP contribution in [0.25, 0.3) is 45.5 Å². The molecule has 2 fully saturated rings. The van der Waals surface area contributed by atoms with Gasteiger partial charge in [-0.1, -0.05) is 91.0 Å². The van der Waals surface area contributed by atoms with Crippen molar-refractivity contribution in [1.82, 2.24) is 63.3 Å². The van der Waals surface area contributed by atoms with Crippen LogP contribution in [0.4, 0.5) is 24.5 Å². The molecule has 6 aromatic carbocycles. The molecule has 0 spiro atoms. The van der Waals surface area contributed by atoms with Crippen molar-refractivity contribution < 1.29 is 42.9 Å². The molecular weight excluding hydrogens is 1430 g/mol. The zero-order valence-corrected chi connectivity index (χ0v) is 62.9. The number of anilines is 2. The van der Waals surface area contributed by atoms with Gasteiger partial charge in [0.2, 0.25) is 0 Å². The molecule has 0 bridgehead atoms. The minimum Gasteiger partial charge on any atom is -0.478 e. The number of benzene rings is 6. The number of aromatic amines is 1. The van der Waals surface area contributed by atoms with Crippen molar-refractivity contribution in [3.05, 3.63) is 310 Å². The number of hydrogen-bond acceptors (Lipinski definition) is 16. The predicted molar refractivity (Wildman–Crippen MR) is 430 cm³/mol. The van der Waals surface area contributed by atoms with Crippen LogP contribution in [0.1, 0.15) is 88.9 Å². The number of aliphatic hydroxyl groups excluding tert-OH is 2. The summed E-state index contributed by atoms with van der Waals surface area (Å²) >= 11 is 0. The minimum absolute atomic E-state index is 0.174. The number of nitrogens with one attached hydrogen (secondary N) is 1. The number of carboxylic acids is 1. The first kappa shape index (κ1) is 77.7. The third-order valence-corrected chi connectivity index (χ3v) is 20.9. The van der Waals surface area contributed by atoms with Gasteiger partial charge in [0.05, 0.1) is 28.8 Å². The highest BCUT2D eigenvalue weighted by Gasteiger charge is 2.26. The SMILES string of the molecule is O=C(CO)c1ccnc(-c2nc(CN3CCCN(c4ccccc4)CC3)cn2CCc2ccc(F)cc2)c1.O=C(CO)c1ccnc(-c2ncc(CN3CCc4c([nH]c5ccccc45)C3)n2CCc2ccc(F)cc2)c1.O=C(O)c1ccnc(-c2nc(CN3CCCN(c4ccccc4)CC3)cn2CCc2ccc(F)cc2)c1. The molecule has 21 nitrogen and oxygen atoms in total. The zero-order chi connectivity index (χ0) is 78.0. The van der Waals surface area contributed by atoms with Gasteiger partial charge in [0.15, 0.2) is 29.0 Å². The van der Waals surface area contributed by atoms with E-state index in [0.717, 1.165) is 118 Å². The van der Waals surface area contributed by atoms with Gasteiger partial charge in [-0.05, 0) is 164 Å². The first-order valence-electron chi connectivity index (χ1n) is 38.4. The lowest BCUT2D eigenvalue weighted by Crippen LogP contribution is -2.30. The predicted octanol–water partition coefficient (Wildman–Crippen LogP) is 13.5. The number of Topliss-reactive ketones (excluding diaryl/α,β-unsaturated/α-hetero) is 2. The maximum Gasteiger partial charge on any atom is 0.335 e. The van der Waals surface area contributed by atoms with Crippen molar-refractivity contribution in [2.24, 2.45) is 0 Å². The monoisotopic (exact) mass is 1520 g/mol. The lowest BCUT2D eigenvalue weighted by molar-refractivity contribution is 0.0696. The number of aromatic nitrogens is 10. The number of rotatable bonds is 25. The molecule has 0 aliphatic carbocycles. The van der Waals surface area contributed by atoms with Crippen LogP contribution >= 0.6 is 0 Å². The molecule has 10 heterocycles. The molecule has 0 saturated carbocycles. The van der Waals surface area contributed by atoms with Crippen LogP contribution in [0.2, 0.25) is 0 Å². The molecule has 3 aliphatic heterocycles. The van der Waals surface area contributed by atoms with Gasteiger partial charge in [0.25, 0.3) is 0 Å². The van der Waals surface area contributed by atoms with Crippen LogP contribution in [-0.2, 0) is 71.5 Å². The summed E-state index contributed by atoms with van der Waals surface area (Å²) in [6.45, 7) is 12.4. The number of imidazole rings is 3. The average Bonchev–Trinajstić information content (AvgIpc) is 1.61. The van der Waals surface area contributed by atoms with Gasteiger partial charge in [0.1, 0.15) is 47.7 Å². The second kappa shape index (κ2) is 37.3. The van der Waals surface area contributed by atoms with Crippen LogP contribution in [0, 0.1) is 17.5 Å². The van der Waals surface area contributed by atoms with E-state index in [0.29, 0.717) is 104 Å². The molecule has 113 heavy (non-hydrogen) atoms. The first-order valence-corrected chi connectivity index (χ1v) is 38.4. The highest BCUT2D eigenvalue weighted by molar-refractivity contribution is 5.98. The standard InChI is InChI=1S/C30H28FN5O2.C30H32FN5O2.C29H30FN5O2/c31-22-7-5-20(6-8-22)10-14-36-23(16-33-30(36)27-15-21(9-12-32-27)29(38)19-37)17-35-13-11-25-24-3-1-2-4-26(24)34-28(25)18-35;31-25-9-7-23(8-10-25)12-16-36-21-26(33-30(36)28-19-24(11-13-32-28)29(38)22-37)20-34-14-4-15-35(18-17-34)27-5-2-1-3-6-27;30-24-9-7-22(8-10-24)12-16-35-21-25(32-28(35)27-19-23(29(36)37)11-13-31-27)20-33-14-4-15-34(18-17-33)26-5-2-1-3-6-26/h1-9,12,15-16,34,37H,10-11,13-14,17-19H2;1-3,5-11,13,19,21,37H,4,12,14-18,20,22H2;1-3,5-11,13,19,21H,4,12,14-18,20H2,(H,36,37). The molecular formula is C89H90F3N15O6. The number of fused-ring (bicyclic) bond motifs is 3. The van der Waals surface area contributed by atoms with Crippen molar-refractivity contribution >= 4 is 39.8 Å². The van der Waals surface area contributed by atoms with E-state index in [1.165, 1.54) is 82.2 Å². The molecule has 0 atom stereocenters. The molecule has 4 N–H and O–H groups in total. The van der Waals surface area contributed by atoms with E-state index in [2.05, 4.69) is 133 Å². The molecule has 0 unspecified atom stereocenters. The fourth-order valence-corrected chi connectivity index (χ4v) is 15.0. The third kappa shape index (κ3) is 20.2. The Hall–Kier alpha value is -12.1. The maximum atomic E-state index is 13.4. The third-order valence-electron chi connectivity index (χ3n) is 20.9. The first-order chi connectivity index (χ1) is 55.2. The van der Waals surface area contributed by atoms with Gasteiger partial charge < -0.3 is 43.8 Å². The lowest BCUT2D eigenvalue weighted by atomic mass is 10.0. The Morgan fingerprint density at radius 1 is 0.442 bits per heavy atom. The Labute approximate surface area is 654 Å². The van der Waals surface area contributed by atoms with Crippen molar-refractivity contribution in [3.63, 3.8) is 0 Å². The van der Waals surface area contributed by atoms with Crippen molar-refractivity contribution in [3.8, 4) is 34.6 Å². The van der Waals surface area contributed by atoms with E-state index in [-0.39, 0.29) is 34.6 Å². The van der Waals surface area contributed by atoms with E-state index >= 15 is 0 Å². The Balaban J connectivity index is 0.000000141. The van der Waals surface area contributed by atoms with Gasteiger partial charge in [-0.2, -0.15) is 0 Å². The number of halogens is 3. The van der Waals surface area contributed by atoms with Crippen LogP contribution in [0.15, 0.2) is 231 Å². The fraction of sp³-hybridized carbons (Fsp3) is 0.270. The van der Waals surface area contributed by atoms with Gasteiger partial charge >= 0.3 is 5.97 Å². The van der Waals surface area contributed by atoms with Crippen molar-refractivity contribution in [2.75, 3.05) is 81.9 Å². The minimum atomic E-state index is -0.999. The summed E-state index contributed by atoms with van der Waals surface area (Å²) in [5.41, 5.74) is 15.0. The van der Waals surface area contributed by atoms with E-state index < -0.39 is 19.2 Å². The number of aliphatic hydroxyl groups is 2. The highest BCUT2D eigenvalue weighted by atomic mass is 19.1. The van der Waals surface area contributed by atoms with Gasteiger partial charge in [-0.3, -0.25) is 39.2 Å². The number of hydrogen-bond donors (Lipinski definition) is 4. The quantitative estimate of drug-likeness (QED) is 0.0389. The summed E-state index contributed by atoms with van der Waals surface area (Å²) in [4.78, 5) is 79.4. The molecule has 7 aromatic heterocycles. The van der Waals surface area contributed by atoms with Crippen LogP contribution < -0.4 is 9.80 Å². The average molecular weight is 1520 g/mol. The van der Waals surface area contributed by atoms with Crippen LogP contribution in [-0.4, -0.2) is 168 Å². The summed E-state index contributed by atoms with van der Waals surface area (Å²) in [6.07, 6.45) is 15.8. The van der Waals surface area contributed by atoms with Crippen molar-refractivity contribution in [2.45, 2.75) is 84.3 Å². The number of carboxylic acid groups (broad SMARTS) is 1. The summed E-state index contributed by atoms with van der Waals surface area (Å²) in [7, 11) is 0. The summed E-state index contributed by atoms with van der Waals surface area (Å²) in [6, 6.07) is 58.6. The topological polar surface area (TPSA) is 236 Å². The number of aryl methyl sites for hydroxylation is 5. The summed E-state index contributed by atoms with van der Waals surface area (Å²) < 4.78 is 46.4. The smallest absolute Gasteiger partial charge is 0.335 e. The largest absolute Gasteiger partial charge is 0.478 e. The number of ketones is 2. The molecule has 3 aliphatic rings. The molecule has 578 valence electrons. The summed E-state index contributed by atoms with van der Waals surface area (Å²) in [5, 5.41) is 29.4. The maximum absolute atomic E-state index is 13.4. The van der Waals surface area contributed by atoms with Crippen LogP contribution in [0.5, 0.6) is 0 Å². The normalized spacial score (nSPS) is 14.2. The molecule has 13 aromatic rings. The van der Waals surface area contributed by atoms with Crippen LogP contribution in [0.3, 0.4) is 0 Å². The Morgan fingerprint density at radius 2 is 0.894 bits per heavy atom. The number of carbonyl (C=O) groups excluding carboxylic acids is 2. The fourth-order valence-electron chi connectivity index (χ4n) is 15.0. The Morgan fingerprint density at radius 3 is 1.38 bits per heavy atom.